The molecule has 1 heterocycles. The second-order valence-electron chi connectivity index (χ2n) is 5.41. The van der Waals surface area contributed by atoms with Gasteiger partial charge in [0.2, 0.25) is 0 Å². The number of fused-ring (bicyclic) bond motifs is 1. The number of hydrogen-bond donors (Lipinski definition) is 1. The zero-order valence-corrected chi connectivity index (χ0v) is 9.24. The molecule has 3 aliphatic rings. The van der Waals surface area contributed by atoms with E-state index in [-0.39, 0.29) is 17.1 Å². The SMILES string of the molecule is O[C@@H]1C=CCC2(CCCC2)[C@]12CCCO2. The molecule has 1 aliphatic heterocycles. The monoisotopic (exact) mass is 208 g/mol. The van der Waals surface area contributed by atoms with Gasteiger partial charge in [-0.2, -0.15) is 0 Å². The molecule has 0 radical (unpaired) electrons. The fraction of sp³-hybridized carbons (Fsp3) is 0.846. The van der Waals surface area contributed by atoms with Gasteiger partial charge in [-0.3, -0.25) is 0 Å². The van der Waals surface area contributed by atoms with Crippen LogP contribution in [0.15, 0.2) is 12.2 Å². The highest BCUT2D eigenvalue weighted by molar-refractivity contribution is 5.19. The van der Waals surface area contributed by atoms with Crippen LogP contribution in [0.2, 0.25) is 0 Å². The summed E-state index contributed by atoms with van der Waals surface area (Å²) in [4.78, 5) is 0. The molecule has 0 aromatic carbocycles. The van der Waals surface area contributed by atoms with E-state index >= 15 is 0 Å². The number of allylic oxidation sites excluding steroid dienone is 1. The Morgan fingerprint density at radius 1 is 1.13 bits per heavy atom. The fourth-order valence-corrected chi connectivity index (χ4v) is 4.06. The molecule has 2 heteroatoms. The van der Waals surface area contributed by atoms with Crippen LogP contribution in [0.5, 0.6) is 0 Å². The van der Waals surface area contributed by atoms with E-state index in [1.165, 1.54) is 25.7 Å². The second-order valence-corrected chi connectivity index (χ2v) is 5.41. The Labute approximate surface area is 91.3 Å². The lowest BCUT2D eigenvalue weighted by Crippen LogP contribution is -2.55. The molecular weight excluding hydrogens is 188 g/mol. The molecule has 0 aromatic heterocycles. The molecule has 2 fully saturated rings. The normalized spacial score (nSPS) is 43.1. The average molecular weight is 208 g/mol. The highest BCUT2D eigenvalue weighted by atomic mass is 16.5. The van der Waals surface area contributed by atoms with E-state index in [1.54, 1.807) is 0 Å². The number of aliphatic hydroxyl groups excluding tert-OH is 1. The van der Waals surface area contributed by atoms with Crippen LogP contribution in [0.25, 0.3) is 0 Å². The first-order chi connectivity index (χ1) is 7.29. The quantitative estimate of drug-likeness (QED) is 0.619. The van der Waals surface area contributed by atoms with Gasteiger partial charge >= 0.3 is 0 Å². The first kappa shape index (κ1) is 9.86. The van der Waals surface area contributed by atoms with E-state index < -0.39 is 0 Å². The van der Waals surface area contributed by atoms with Crippen LogP contribution in [-0.2, 0) is 4.74 Å². The Bertz CT molecular complexity index is 270. The molecule has 0 unspecified atom stereocenters. The number of ether oxygens (including phenoxy) is 1. The molecule has 0 bridgehead atoms. The zero-order chi connectivity index (χ0) is 10.4. The summed E-state index contributed by atoms with van der Waals surface area (Å²) in [5.74, 6) is 0. The third-order valence-corrected chi connectivity index (χ3v) is 4.82. The van der Waals surface area contributed by atoms with Crippen molar-refractivity contribution in [2.75, 3.05) is 6.61 Å². The lowest BCUT2D eigenvalue weighted by atomic mass is 9.62. The highest BCUT2D eigenvalue weighted by Crippen LogP contribution is 2.57. The summed E-state index contributed by atoms with van der Waals surface area (Å²) >= 11 is 0. The molecule has 2 atom stereocenters. The van der Waals surface area contributed by atoms with Crippen LogP contribution in [-0.4, -0.2) is 23.4 Å². The predicted octanol–water partition coefficient (Wildman–Crippen LogP) is 2.42. The van der Waals surface area contributed by atoms with Crippen molar-refractivity contribution in [2.45, 2.75) is 56.7 Å². The Hall–Kier alpha value is -0.340. The third kappa shape index (κ3) is 1.18. The number of hydrogen-bond acceptors (Lipinski definition) is 2. The van der Waals surface area contributed by atoms with Gasteiger partial charge in [0, 0.05) is 12.0 Å². The zero-order valence-electron chi connectivity index (χ0n) is 9.24. The first-order valence-electron chi connectivity index (χ1n) is 6.28. The molecule has 15 heavy (non-hydrogen) atoms. The molecule has 2 nitrogen and oxygen atoms in total. The minimum Gasteiger partial charge on any atom is -0.386 e. The summed E-state index contributed by atoms with van der Waals surface area (Å²) in [7, 11) is 0. The van der Waals surface area contributed by atoms with Crippen molar-refractivity contribution in [2.24, 2.45) is 5.41 Å². The standard InChI is InChI=1S/C13H20O2/c14-11-5-3-8-12(6-1-2-7-12)13(11)9-4-10-15-13/h3,5,11,14H,1-2,4,6-10H2/t11-,13+/m1/s1. The molecule has 0 amide bonds. The molecule has 2 aliphatic carbocycles. The van der Waals surface area contributed by atoms with Gasteiger partial charge in [0.05, 0.1) is 0 Å². The van der Waals surface area contributed by atoms with Gasteiger partial charge in [0.1, 0.15) is 11.7 Å². The van der Waals surface area contributed by atoms with Crippen molar-refractivity contribution in [3.8, 4) is 0 Å². The lowest BCUT2D eigenvalue weighted by molar-refractivity contribution is -0.157. The van der Waals surface area contributed by atoms with Crippen LogP contribution >= 0.6 is 0 Å². The summed E-state index contributed by atoms with van der Waals surface area (Å²) < 4.78 is 6.03. The Morgan fingerprint density at radius 3 is 2.60 bits per heavy atom. The minimum atomic E-state index is -0.369. The largest absolute Gasteiger partial charge is 0.386 e. The van der Waals surface area contributed by atoms with E-state index in [9.17, 15) is 5.11 Å². The minimum absolute atomic E-state index is 0.224. The maximum Gasteiger partial charge on any atom is 0.103 e. The van der Waals surface area contributed by atoms with E-state index in [4.69, 9.17) is 4.74 Å². The Morgan fingerprint density at radius 2 is 1.93 bits per heavy atom. The molecule has 0 aromatic rings. The van der Waals surface area contributed by atoms with Crippen molar-refractivity contribution in [3.05, 3.63) is 12.2 Å². The topological polar surface area (TPSA) is 29.5 Å². The first-order valence-corrected chi connectivity index (χ1v) is 6.28. The molecule has 2 spiro atoms. The van der Waals surface area contributed by atoms with Gasteiger partial charge in [-0.1, -0.05) is 25.0 Å². The van der Waals surface area contributed by atoms with Gasteiger partial charge in [0.25, 0.3) is 0 Å². The Balaban J connectivity index is 2.01. The van der Waals surface area contributed by atoms with Crippen molar-refractivity contribution >= 4 is 0 Å². The predicted molar refractivity (Wildman–Crippen MR) is 58.6 cm³/mol. The smallest absolute Gasteiger partial charge is 0.103 e. The average Bonchev–Trinajstić information content (AvgIpc) is 2.84. The third-order valence-electron chi connectivity index (χ3n) is 4.82. The van der Waals surface area contributed by atoms with Crippen molar-refractivity contribution in [3.63, 3.8) is 0 Å². The van der Waals surface area contributed by atoms with Gasteiger partial charge in [-0.15, -0.1) is 0 Å². The maximum atomic E-state index is 10.3. The highest BCUT2D eigenvalue weighted by Gasteiger charge is 2.58. The second kappa shape index (κ2) is 3.33. The Kier molecular flexibility index (Phi) is 2.18. The van der Waals surface area contributed by atoms with Crippen LogP contribution in [0, 0.1) is 5.41 Å². The van der Waals surface area contributed by atoms with Crippen LogP contribution < -0.4 is 0 Å². The summed E-state index contributed by atoms with van der Waals surface area (Å²) in [6, 6.07) is 0. The van der Waals surface area contributed by atoms with Crippen LogP contribution in [0.3, 0.4) is 0 Å². The van der Waals surface area contributed by atoms with Crippen molar-refractivity contribution < 1.29 is 9.84 Å². The summed E-state index contributed by atoms with van der Waals surface area (Å²) in [5.41, 5.74) is 0.0376. The number of aliphatic hydroxyl groups is 1. The maximum absolute atomic E-state index is 10.3. The molecule has 1 saturated heterocycles. The van der Waals surface area contributed by atoms with E-state index in [0.29, 0.717) is 0 Å². The summed E-state index contributed by atoms with van der Waals surface area (Å²) in [6.45, 7) is 0.840. The van der Waals surface area contributed by atoms with Crippen molar-refractivity contribution in [1.29, 1.82) is 0 Å². The fourth-order valence-electron chi connectivity index (χ4n) is 4.06. The molecule has 1 saturated carbocycles. The number of rotatable bonds is 0. The van der Waals surface area contributed by atoms with Crippen molar-refractivity contribution in [1.82, 2.24) is 0 Å². The van der Waals surface area contributed by atoms with E-state index in [1.807, 2.05) is 6.08 Å². The molecular formula is C13H20O2. The molecule has 3 rings (SSSR count). The summed E-state index contributed by atoms with van der Waals surface area (Å²) in [6.07, 6.45) is 12.2. The molecule has 84 valence electrons. The van der Waals surface area contributed by atoms with Crippen LogP contribution in [0.4, 0.5) is 0 Å². The van der Waals surface area contributed by atoms with Crippen LogP contribution in [0.1, 0.15) is 44.9 Å². The van der Waals surface area contributed by atoms with Gasteiger partial charge in [-0.25, -0.2) is 0 Å². The lowest BCUT2D eigenvalue weighted by Gasteiger charge is -2.50. The van der Waals surface area contributed by atoms with E-state index in [2.05, 4.69) is 6.08 Å². The van der Waals surface area contributed by atoms with Gasteiger partial charge < -0.3 is 9.84 Å². The summed E-state index contributed by atoms with van der Waals surface area (Å²) in [5, 5.41) is 10.3. The van der Waals surface area contributed by atoms with Gasteiger partial charge in [0.15, 0.2) is 0 Å². The van der Waals surface area contributed by atoms with Gasteiger partial charge in [-0.05, 0) is 32.1 Å². The van der Waals surface area contributed by atoms with E-state index in [0.717, 1.165) is 25.9 Å². The molecule has 1 N–H and O–H groups in total.